The molecular formula is C18H24N3O6PS. The van der Waals surface area contributed by atoms with Crippen molar-refractivity contribution in [2.75, 3.05) is 11.9 Å². The zero-order chi connectivity index (χ0) is 21.7. The first-order valence-corrected chi connectivity index (χ1v) is 11.1. The Morgan fingerprint density at radius 2 is 1.90 bits per heavy atom. The molecule has 2 aromatic rings. The van der Waals surface area contributed by atoms with Crippen LogP contribution in [0, 0.1) is 5.41 Å². The molecule has 2 rings (SSSR count). The topological polar surface area (TPSA) is 130 Å². The number of phosphoric ester groups is 1. The molecular weight excluding hydrogens is 417 g/mol. The highest BCUT2D eigenvalue weighted by atomic mass is 32.1. The lowest BCUT2D eigenvalue weighted by Crippen LogP contribution is -2.19. The van der Waals surface area contributed by atoms with Gasteiger partial charge in [-0.3, -0.25) is 23.7 Å². The summed E-state index contributed by atoms with van der Waals surface area (Å²) in [5, 5.41) is 4.47. The van der Waals surface area contributed by atoms with E-state index in [1.165, 1.54) is 15.9 Å². The van der Waals surface area contributed by atoms with Crippen LogP contribution in [0.15, 0.2) is 40.8 Å². The van der Waals surface area contributed by atoms with Gasteiger partial charge in [0.05, 0.1) is 0 Å². The molecule has 158 valence electrons. The minimum Gasteiger partial charge on any atom is -0.326 e. The molecule has 0 aliphatic rings. The van der Waals surface area contributed by atoms with Crippen LogP contribution in [0.2, 0.25) is 0 Å². The van der Waals surface area contributed by atoms with E-state index in [1.807, 2.05) is 20.8 Å². The molecule has 0 bridgehead atoms. The summed E-state index contributed by atoms with van der Waals surface area (Å²) in [4.78, 5) is 46.5. The van der Waals surface area contributed by atoms with Gasteiger partial charge in [0, 0.05) is 29.2 Å². The molecule has 0 aliphatic carbocycles. The molecule has 3 N–H and O–H groups in total. The van der Waals surface area contributed by atoms with Gasteiger partial charge in [-0.2, -0.15) is 0 Å². The minimum absolute atomic E-state index is 0.0913. The molecule has 0 saturated carbocycles. The summed E-state index contributed by atoms with van der Waals surface area (Å²) in [6.45, 7) is 5.43. The number of hydrogen-bond donors (Lipinski definition) is 3. The Balaban J connectivity index is 1.98. The third-order valence-corrected chi connectivity index (χ3v) is 4.85. The summed E-state index contributed by atoms with van der Waals surface area (Å²) in [5.74, 6) is -0.320. The largest absolute Gasteiger partial charge is 0.471 e. The highest BCUT2D eigenvalue weighted by Gasteiger charge is 2.16. The van der Waals surface area contributed by atoms with Crippen LogP contribution < -0.4 is 10.1 Å². The number of carbonyl (C=O) groups excluding carboxylic acids is 2. The molecule has 0 radical (unpaired) electrons. The van der Waals surface area contributed by atoms with Crippen LogP contribution >= 0.6 is 19.2 Å². The maximum absolute atomic E-state index is 12.3. The Kier molecular flexibility index (Phi) is 7.67. The lowest BCUT2D eigenvalue weighted by Gasteiger charge is -2.17. The van der Waals surface area contributed by atoms with Gasteiger partial charge in [0.2, 0.25) is 5.91 Å². The number of carbonyl (C=O) groups is 2. The molecule has 9 nitrogen and oxygen atoms in total. The summed E-state index contributed by atoms with van der Waals surface area (Å²) >= 11 is 1.21. The number of amides is 1. The number of nitrogens with one attached hydrogen (secondary N) is 1. The average molecular weight is 441 g/mol. The van der Waals surface area contributed by atoms with Crippen molar-refractivity contribution in [2.24, 2.45) is 10.4 Å². The fourth-order valence-corrected chi connectivity index (χ4v) is 3.31. The van der Waals surface area contributed by atoms with Crippen molar-refractivity contribution >= 4 is 36.5 Å². The van der Waals surface area contributed by atoms with Crippen LogP contribution in [0.3, 0.4) is 0 Å². The highest BCUT2D eigenvalue weighted by Crippen LogP contribution is 2.35. The van der Waals surface area contributed by atoms with Crippen LogP contribution in [-0.2, 0) is 20.6 Å². The van der Waals surface area contributed by atoms with Crippen LogP contribution in [0.25, 0.3) is 0 Å². The van der Waals surface area contributed by atoms with Gasteiger partial charge in [-0.15, -0.1) is 11.3 Å². The Morgan fingerprint density at radius 3 is 2.48 bits per heavy atom. The fraction of sp³-hybridized carbons (Fsp3) is 0.389. The quantitative estimate of drug-likeness (QED) is 0.427. The molecule has 0 fully saturated rings. The van der Waals surface area contributed by atoms with Crippen molar-refractivity contribution in [3.63, 3.8) is 0 Å². The first kappa shape index (κ1) is 23.2. The van der Waals surface area contributed by atoms with Crippen molar-refractivity contribution in [1.29, 1.82) is 0 Å². The normalized spacial score (nSPS) is 12.8. The van der Waals surface area contributed by atoms with Gasteiger partial charge in [-0.25, -0.2) is 4.57 Å². The van der Waals surface area contributed by atoms with Crippen molar-refractivity contribution in [3.05, 3.63) is 46.2 Å². The number of phosphoric acid groups is 1. The molecule has 1 amide bonds. The average Bonchev–Trinajstić information content (AvgIpc) is 3.03. The van der Waals surface area contributed by atoms with Crippen molar-refractivity contribution in [3.8, 4) is 0 Å². The van der Waals surface area contributed by atoms with Gasteiger partial charge >= 0.3 is 7.82 Å². The molecule has 0 spiro atoms. The molecule has 0 atom stereocenters. The SMILES string of the molecule is CC(C)(C)CC(=O)Nc1ccc(C(=O)CN=c2sccn2COP(=O)(O)O)cc1. The summed E-state index contributed by atoms with van der Waals surface area (Å²) < 4.78 is 16.6. The second-order valence-electron chi connectivity index (χ2n) is 7.51. The molecule has 11 heteroatoms. The van der Waals surface area contributed by atoms with Crippen LogP contribution in [0.1, 0.15) is 37.6 Å². The fourth-order valence-electron chi connectivity index (χ4n) is 2.32. The van der Waals surface area contributed by atoms with E-state index < -0.39 is 7.82 Å². The maximum Gasteiger partial charge on any atom is 0.471 e. The first-order chi connectivity index (χ1) is 13.4. The smallest absolute Gasteiger partial charge is 0.326 e. The van der Waals surface area contributed by atoms with Crippen molar-refractivity contribution in [1.82, 2.24) is 4.57 Å². The van der Waals surface area contributed by atoms with Crippen LogP contribution in [0.5, 0.6) is 0 Å². The second-order valence-corrected chi connectivity index (χ2v) is 9.62. The number of nitrogens with zero attached hydrogens (tertiary/aromatic N) is 2. The number of aromatic nitrogens is 1. The van der Waals surface area contributed by atoms with Gasteiger partial charge in [0.15, 0.2) is 10.6 Å². The van der Waals surface area contributed by atoms with E-state index in [9.17, 15) is 14.2 Å². The van der Waals surface area contributed by atoms with Crippen LogP contribution in [0.4, 0.5) is 5.69 Å². The van der Waals surface area contributed by atoms with E-state index in [0.29, 0.717) is 22.5 Å². The molecule has 1 aromatic carbocycles. The Bertz CT molecular complexity index is 968. The lowest BCUT2D eigenvalue weighted by molar-refractivity contribution is -0.117. The number of rotatable bonds is 8. The summed E-state index contributed by atoms with van der Waals surface area (Å²) in [6.07, 6.45) is 1.94. The first-order valence-electron chi connectivity index (χ1n) is 8.71. The Morgan fingerprint density at radius 1 is 1.24 bits per heavy atom. The van der Waals surface area contributed by atoms with Gasteiger partial charge in [0.1, 0.15) is 13.3 Å². The van der Waals surface area contributed by atoms with E-state index in [1.54, 1.807) is 35.8 Å². The van der Waals surface area contributed by atoms with Crippen molar-refractivity contribution < 1.29 is 28.5 Å². The number of thiazole rings is 1. The third kappa shape index (κ3) is 8.43. The van der Waals surface area contributed by atoms with E-state index >= 15 is 0 Å². The summed E-state index contributed by atoms with van der Waals surface area (Å²) in [5.41, 5.74) is 0.937. The number of hydrogen-bond acceptors (Lipinski definition) is 6. The number of anilines is 1. The zero-order valence-corrected chi connectivity index (χ0v) is 18.1. The third-order valence-electron chi connectivity index (χ3n) is 3.56. The van der Waals surface area contributed by atoms with Gasteiger partial charge in [0.25, 0.3) is 0 Å². The Labute approximate surface area is 172 Å². The number of ketones is 1. The molecule has 1 heterocycles. The molecule has 1 aromatic heterocycles. The van der Waals surface area contributed by atoms with Crippen molar-refractivity contribution in [2.45, 2.75) is 33.9 Å². The van der Waals surface area contributed by atoms with Gasteiger partial charge < -0.3 is 15.1 Å². The summed E-state index contributed by atoms with van der Waals surface area (Å²) in [6, 6.07) is 6.55. The van der Waals surface area contributed by atoms with E-state index in [2.05, 4.69) is 14.8 Å². The zero-order valence-electron chi connectivity index (χ0n) is 16.4. The van der Waals surface area contributed by atoms with Crippen LogP contribution in [-0.4, -0.2) is 32.6 Å². The molecule has 29 heavy (non-hydrogen) atoms. The predicted molar refractivity (Wildman–Crippen MR) is 109 cm³/mol. The molecule has 0 saturated heterocycles. The highest BCUT2D eigenvalue weighted by molar-refractivity contribution is 7.46. The van der Waals surface area contributed by atoms with Gasteiger partial charge in [-0.05, 0) is 29.7 Å². The van der Waals surface area contributed by atoms with E-state index in [-0.39, 0.29) is 30.4 Å². The standard InChI is InChI=1S/C18H24N3O6PS/c1-18(2,3)10-16(23)20-14-6-4-13(5-7-14)15(22)11-19-17-21(8-9-29-17)12-27-28(24,25)26/h4-9H,10-12H2,1-3H3,(H,20,23)(H2,24,25,26). The Hall–Kier alpha value is -2.10. The van der Waals surface area contributed by atoms with Gasteiger partial charge in [-0.1, -0.05) is 20.8 Å². The summed E-state index contributed by atoms with van der Waals surface area (Å²) in [7, 11) is -4.59. The lowest BCUT2D eigenvalue weighted by atomic mass is 9.92. The molecule has 0 aliphatic heterocycles. The maximum atomic E-state index is 12.3. The number of Topliss-reactive ketones (excluding diaryl/α,β-unsaturated/α-hetero) is 1. The predicted octanol–water partition coefficient (Wildman–Crippen LogP) is 2.77. The van der Waals surface area contributed by atoms with E-state index in [0.717, 1.165) is 0 Å². The monoisotopic (exact) mass is 441 g/mol. The van der Waals surface area contributed by atoms with E-state index in [4.69, 9.17) is 9.79 Å². The molecule has 0 unspecified atom stereocenters. The second kappa shape index (κ2) is 9.60. The minimum atomic E-state index is -4.59. The number of benzene rings is 1.